The molecule has 0 fully saturated rings. The van der Waals surface area contributed by atoms with Crippen molar-refractivity contribution in [3.63, 3.8) is 0 Å². The number of carbonyl (C=O) groups excluding carboxylic acids is 1. The fourth-order valence-electron chi connectivity index (χ4n) is 2.66. The van der Waals surface area contributed by atoms with Gasteiger partial charge in [0.25, 0.3) is 5.91 Å². The van der Waals surface area contributed by atoms with Gasteiger partial charge in [-0.15, -0.1) is 0 Å². The van der Waals surface area contributed by atoms with Gasteiger partial charge in [0, 0.05) is 6.07 Å². The second kappa shape index (κ2) is 9.70. The van der Waals surface area contributed by atoms with Crippen LogP contribution < -0.4 is 19.5 Å². The molecule has 0 radical (unpaired) electrons. The summed E-state index contributed by atoms with van der Waals surface area (Å²) in [6.07, 6.45) is 0.844. The third kappa shape index (κ3) is 5.99. The van der Waals surface area contributed by atoms with E-state index in [9.17, 15) is 4.79 Å². The lowest BCUT2D eigenvalue weighted by atomic mass is 9.97. The van der Waals surface area contributed by atoms with Crippen molar-refractivity contribution in [2.45, 2.75) is 26.3 Å². The van der Waals surface area contributed by atoms with Gasteiger partial charge in [-0.3, -0.25) is 4.79 Å². The molecule has 0 saturated carbocycles. The summed E-state index contributed by atoms with van der Waals surface area (Å²) in [6, 6.07) is 14.9. The zero-order valence-corrected chi connectivity index (χ0v) is 15.8. The van der Waals surface area contributed by atoms with E-state index in [4.69, 9.17) is 14.2 Å². The van der Waals surface area contributed by atoms with Crippen molar-refractivity contribution in [3.05, 3.63) is 54.1 Å². The number of hydrogen-bond donors (Lipinski definition) is 1. The van der Waals surface area contributed by atoms with Crippen LogP contribution in [0, 0.1) is 5.92 Å². The summed E-state index contributed by atoms with van der Waals surface area (Å²) in [7, 11) is 3.23. The molecule has 0 saturated heterocycles. The molecule has 0 aliphatic heterocycles. The standard InChI is InChI=1S/C21H27NO4/c1-15(2)12-20(16-8-10-17(24-3)11-9-16)22-21(23)14-26-19-7-5-6-18(13-19)25-4/h5-11,13,15,20H,12,14H2,1-4H3,(H,22,23)/t20-/m1/s1. The molecule has 0 bridgehead atoms. The molecule has 0 aromatic heterocycles. The smallest absolute Gasteiger partial charge is 0.258 e. The average molecular weight is 357 g/mol. The Hall–Kier alpha value is -2.69. The lowest BCUT2D eigenvalue weighted by Gasteiger charge is -2.21. The SMILES string of the molecule is COc1ccc([C@@H](CC(C)C)NC(=O)COc2cccc(OC)c2)cc1. The third-order valence-corrected chi connectivity index (χ3v) is 3.97. The van der Waals surface area contributed by atoms with Crippen LogP contribution in [0.5, 0.6) is 17.2 Å². The molecule has 26 heavy (non-hydrogen) atoms. The molecule has 0 heterocycles. The van der Waals surface area contributed by atoms with E-state index >= 15 is 0 Å². The Labute approximate surface area is 155 Å². The number of methoxy groups -OCH3 is 2. The van der Waals surface area contributed by atoms with Crippen LogP contribution in [0.25, 0.3) is 0 Å². The van der Waals surface area contributed by atoms with E-state index in [1.54, 1.807) is 26.4 Å². The molecule has 0 aliphatic rings. The summed E-state index contributed by atoms with van der Waals surface area (Å²) in [5.74, 6) is 2.38. The summed E-state index contributed by atoms with van der Waals surface area (Å²) < 4.78 is 15.9. The van der Waals surface area contributed by atoms with Crippen LogP contribution in [0.4, 0.5) is 0 Å². The van der Waals surface area contributed by atoms with Gasteiger partial charge >= 0.3 is 0 Å². The quantitative estimate of drug-likeness (QED) is 0.737. The lowest BCUT2D eigenvalue weighted by Crippen LogP contribution is -2.33. The van der Waals surface area contributed by atoms with E-state index < -0.39 is 0 Å². The van der Waals surface area contributed by atoms with Gasteiger partial charge in [0.15, 0.2) is 6.61 Å². The molecule has 0 spiro atoms. The summed E-state index contributed by atoms with van der Waals surface area (Å²) in [6.45, 7) is 4.22. The monoisotopic (exact) mass is 357 g/mol. The highest BCUT2D eigenvalue weighted by atomic mass is 16.5. The Kier molecular flexibility index (Phi) is 7.33. The van der Waals surface area contributed by atoms with Crippen LogP contribution >= 0.6 is 0 Å². The first kappa shape index (κ1) is 19.6. The predicted octanol–water partition coefficient (Wildman–Crippen LogP) is 3.99. The number of hydrogen-bond acceptors (Lipinski definition) is 4. The number of rotatable bonds is 9. The Bertz CT molecular complexity index is 697. The van der Waals surface area contributed by atoms with Crippen LogP contribution in [-0.2, 0) is 4.79 Å². The normalized spacial score (nSPS) is 11.7. The minimum Gasteiger partial charge on any atom is -0.497 e. The fraction of sp³-hybridized carbons (Fsp3) is 0.381. The van der Waals surface area contributed by atoms with Crippen molar-refractivity contribution < 1.29 is 19.0 Å². The van der Waals surface area contributed by atoms with Gasteiger partial charge in [0.2, 0.25) is 0 Å². The maximum Gasteiger partial charge on any atom is 0.258 e. The Morgan fingerprint density at radius 1 is 0.962 bits per heavy atom. The Balaban J connectivity index is 1.98. The van der Waals surface area contributed by atoms with Crippen molar-refractivity contribution in [2.24, 2.45) is 5.92 Å². The minimum atomic E-state index is -0.158. The Morgan fingerprint density at radius 3 is 2.23 bits per heavy atom. The van der Waals surface area contributed by atoms with Gasteiger partial charge in [-0.1, -0.05) is 32.0 Å². The first-order valence-electron chi connectivity index (χ1n) is 8.72. The number of carbonyl (C=O) groups is 1. The maximum absolute atomic E-state index is 12.4. The highest BCUT2D eigenvalue weighted by molar-refractivity contribution is 5.78. The minimum absolute atomic E-state index is 0.0437. The van der Waals surface area contributed by atoms with Crippen molar-refractivity contribution in [1.29, 1.82) is 0 Å². The highest BCUT2D eigenvalue weighted by Gasteiger charge is 2.17. The second-order valence-corrected chi connectivity index (χ2v) is 6.49. The van der Waals surface area contributed by atoms with Gasteiger partial charge in [0.1, 0.15) is 17.2 Å². The van der Waals surface area contributed by atoms with Gasteiger partial charge in [-0.2, -0.15) is 0 Å². The molecule has 2 aromatic carbocycles. The molecule has 2 aromatic rings. The van der Waals surface area contributed by atoms with E-state index in [0.717, 1.165) is 17.7 Å². The molecule has 5 heteroatoms. The van der Waals surface area contributed by atoms with E-state index in [1.165, 1.54) is 0 Å². The van der Waals surface area contributed by atoms with E-state index in [-0.39, 0.29) is 18.6 Å². The molecule has 0 aliphatic carbocycles. The van der Waals surface area contributed by atoms with E-state index in [0.29, 0.717) is 17.4 Å². The van der Waals surface area contributed by atoms with Crippen LogP contribution in [0.2, 0.25) is 0 Å². The largest absolute Gasteiger partial charge is 0.497 e. The van der Waals surface area contributed by atoms with Crippen LogP contribution in [0.15, 0.2) is 48.5 Å². The van der Waals surface area contributed by atoms with Crippen LogP contribution in [0.3, 0.4) is 0 Å². The summed E-state index contributed by atoms with van der Waals surface area (Å²) in [5.41, 5.74) is 1.05. The molecule has 5 nitrogen and oxygen atoms in total. The molecule has 1 N–H and O–H groups in total. The molecule has 0 unspecified atom stereocenters. The van der Waals surface area contributed by atoms with Crippen molar-refractivity contribution in [1.82, 2.24) is 5.32 Å². The number of benzene rings is 2. The first-order valence-corrected chi connectivity index (χ1v) is 8.72. The molecule has 1 atom stereocenters. The van der Waals surface area contributed by atoms with E-state index in [2.05, 4.69) is 19.2 Å². The summed E-state index contributed by atoms with van der Waals surface area (Å²) in [4.78, 5) is 12.4. The zero-order chi connectivity index (χ0) is 18.9. The van der Waals surface area contributed by atoms with E-state index in [1.807, 2.05) is 36.4 Å². The zero-order valence-electron chi connectivity index (χ0n) is 15.8. The summed E-state index contributed by atoms with van der Waals surface area (Å²) in [5, 5.41) is 3.06. The van der Waals surface area contributed by atoms with Crippen LogP contribution in [0.1, 0.15) is 31.9 Å². The molecular weight excluding hydrogens is 330 g/mol. The topological polar surface area (TPSA) is 56.8 Å². The highest BCUT2D eigenvalue weighted by Crippen LogP contribution is 2.24. The molecule has 140 valence electrons. The van der Waals surface area contributed by atoms with Crippen molar-refractivity contribution in [3.8, 4) is 17.2 Å². The molecule has 1 amide bonds. The van der Waals surface area contributed by atoms with Gasteiger partial charge in [-0.25, -0.2) is 0 Å². The second-order valence-electron chi connectivity index (χ2n) is 6.49. The molecule has 2 rings (SSSR count). The molecular formula is C21H27NO4. The first-order chi connectivity index (χ1) is 12.5. The van der Waals surface area contributed by atoms with Gasteiger partial charge < -0.3 is 19.5 Å². The fourth-order valence-corrected chi connectivity index (χ4v) is 2.66. The van der Waals surface area contributed by atoms with Gasteiger partial charge in [0.05, 0.1) is 20.3 Å². The van der Waals surface area contributed by atoms with Crippen molar-refractivity contribution >= 4 is 5.91 Å². The number of nitrogens with one attached hydrogen (secondary N) is 1. The number of ether oxygens (including phenoxy) is 3. The van der Waals surface area contributed by atoms with Crippen molar-refractivity contribution in [2.75, 3.05) is 20.8 Å². The van der Waals surface area contributed by atoms with Crippen LogP contribution in [-0.4, -0.2) is 26.7 Å². The third-order valence-electron chi connectivity index (χ3n) is 3.97. The summed E-state index contributed by atoms with van der Waals surface area (Å²) >= 11 is 0. The predicted molar refractivity (Wildman–Crippen MR) is 102 cm³/mol. The average Bonchev–Trinajstić information content (AvgIpc) is 2.65. The number of amides is 1. The maximum atomic E-state index is 12.4. The Morgan fingerprint density at radius 2 is 1.62 bits per heavy atom. The van der Waals surface area contributed by atoms with Gasteiger partial charge in [-0.05, 0) is 42.2 Å². The lowest BCUT2D eigenvalue weighted by molar-refractivity contribution is -0.124.